The van der Waals surface area contributed by atoms with Gasteiger partial charge >= 0.3 is 11.8 Å². The topological polar surface area (TPSA) is 58.2 Å². The van der Waals surface area contributed by atoms with E-state index in [2.05, 4.69) is 10.6 Å². The number of nitrogens with one attached hydrogen (secondary N) is 2. The van der Waals surface area contributed by atoms with Crippen molar-refractivity contribution >= 4 is 17.5 Å². The molecule has 1 aromatic carbocycles. The third-order valence-electron chi connectivity index (χ3n) is 2.85. The number of unbranched alkanes of at least 4 members (excludes halogenated alkanes) is 1. The standard InChI is InChI=1S/C15H22N2O2/c1-4-5-10-16-14(18)15(19)17-13-9-7-6-8-12(13)11(2)3/h6-9,11H,4-5,10H2,1-3H3,(H,16,18)(H,17,19). The molecule has 2 amide bonds. The van der Waals surface area contributed by atoms with E-state index in [9.17, 15) is 9.59 Å². The molecule has 1 rings (SSSR count). The van der Waals surface area contributed by atoms with Crippen molar-refractivity contribution in [3.8, 4) is 0 Å². The normalized spacial score (nSPS) is 10.3. The molecule has 0 spiro atoms. The summed E-state index contributed by atoms with van der Waals surface area (Å²) >= 11 is 0. The minimum atomic E-state index is -0.607. The van der Waals surface area contributed by atoms with Crippen LogP contribution in [0.2, 0.25) is 0 Å². The summed E-state index contributed by atoms with van der Waals surface area (Å²) in [6.07, 6.45) is 1.86. The van der Waals surface area contributed by atoms with Gasteiger partial charge in [-0.1, -0.05) is 45.4 Å². The monoisotopic (exact) mass is 262 g/mol. The fourth-order valence-electron chi connectivity index (χ4n) is 1.75. The Morgan fingerprint density at radius 2 is 1.84 bits per heavy atom. The molecule has 1 aromatic rings. The Morgan fingerprint density at radius 1 is 1.16 bits per heavy atom. The number of carbonyl (C=O) groups excluding carboxylic acids is 2. The summed E-state index contributed by atoms with van der Waals surface area (Å²) in [5, 5.41) is 5.27. The lowest BCUT2D eigenvalue weighted by Gasteiger charge is -2.13. The highest BCUT2D eigenvalue weighted by Crippen LogP contribution is 2.23. The van der Waals surface area contributed by atoms with Gasteiger partial charge in [-0.3, -0.25) is 9.59 Å². The highest BCUT2D eigenvalue weighted by molar-refractivity contribution is 6.39. The van der Waals surface area contributed by atoms with Gasteiger partial charge in [0.25, 0.3) is 0 Å². The molecule has 0 aliphatic rings. The van der Waals surface area contributed by atoms with Gasteiger partial charge in [0.1, 0.15) is 0 Å². The van der Waals surface area contributed by atoms with Crippen molar-refractivity contribution in [3.05, 3.63) is 29.8 Å². The quantitative estimate of drug-likeness (QED) is 0.633. The van der Waals surface area contributed by atoms with Crippen LogP contribution < -0.4 is 10.6 Å². The maximum atomic E-state index is 11.8. The lowest BCUT2D eigenvalue weighted by molar-refractivity contribution is -0.136. The predicted molar refractivity (Wildman–Crippen MR) is 77.1 cm³/mol. The molecule has 0 fully saturated rings. The SMILES string of the molecule is CCCCNC(=O)C(=O)Nc1ccccc1C(C)C. The summed E-state index contributed by atoms with van der Waals surface area (Å²) in [4.78, 5) is 23.3. The lowest BCUT2D eigenvalue weighted by atomic mass is 10.0. The number of carbonyl (C=O) groups is 2. The van der Waals surface area contributed by atoms with Crippen LogP contribution in [-0.2, 0) is 9.59 Å². The van der Waals surface area contributed by atoms with Crippen molar-refractivity contribution in [2.75, 3.05) is 11.9 Å². The molecule has 0 aromatic heterocycles. The molecule has 4 nitrogen and oxygen atoms in total. The number of amides is 2. The predicted octanol–water partition coefficient (Wildman–Crippen LogP) is 2.66. The van der Waals surface area contributed by atoms with Crippen molar-refractivity contribution in [1.29, 1.82) is 0 Å². The molecule has 19 heavy (non-hydrogen) atoms. The zero-order chi connectivity index (χ0) is 14.3. The van der Waals surface area contributed by atoms with Crippen LogP contribution in [0.3, 0.4) is 0 Å². The number of benzene rings is 1. The van der Waals surface area contributed by atoms with Gasteiger partial charge in [-0.15, -0.1) is 0 Å². The molecular weight excluding hydrogens is 240 g/mol. The Morgan fingerprint density at radius 3 is 2.47 bits per heavy atom. The summed E-state index contributed by atoms with van der Waals surface area (Å²) in [6.45, 7) is 6.66. The van der Waals surface area contributed by atoms with Gasteiger partial charge in [0.05, 0.1) is 0 Å². The molecule has 4 heteroatoms. The van der Waals surface area contributed by atoms with E-state index in [-0.39, 0.29) is 0 Å². The largest absolute Gasteiger partial charge is 0.348 e. The maximum Gasteiger partial charge on any atom is 0.313 e. The average molecular weight is 262 g/mol. The second-order valence-electron chi connectivity index (χ2n) is 4.81. The van der Waals surface area contributed by atoms with Crippen molar-refractivity contribution < 1.29 is 9.59 Å². The van der Waals surface area contributed by atoms with E-state index in [4.69, 9.17) is 0 Å². The fourth-order valence-corrected chi connectivity index (χ4v) is 1.75. The molecule has 0 heterocycles. The number of hydrogen-bond donors (Lipinski definition) is 2. The van der Waals surface area contributed by atoms with Gasteiger partial charge < -0.3 is 10.6 Å². The van der Waals surface area contributed by atoms with E-state index in [1.807, 2.05) is 45.0 Å². The second-order valence-corrected chi connectivity index (χ2v) is 4.81. The molecule has 0 radical (unpaired) electrons. The van der Waals surface area contributed by atoms with E-state index in [1.165, 1.54) is 0 Å². The van der Waals surface area contributed by atoms with Crippen molar-refractivity contribution in [2.24, 2.45) is 0 Å². The first-order chi connectivity index (χ1) is 9.06. The molecule has 0 bridgehead atoms. The molecule has 0 saturated carbocycles. The summed E-state index contributed by atoms with van der Waals surface area (Å²) < 4.78 is 0. The van der Waals surface area contributed by atoms with E-state index in [0.717, 1.165) is 18.4 Å². The maximum absolute atomic E-state index is 11.8. The first-order valence-corrected chi connectivity index (χ1v) is 6.74. The highest BCUT2D eigenvalue weighted by atomic mass is 16.2. The third kappa shape index (κ3) is 4.73. The molecule has 0 aliphatic heterocycles. The summed E-state index contributed by atoms with van der Waals surface area (Å²) in [7, 11) is 0. The molecule has 0 aliphatic carbocycles. The second kappa shape index (κ2) is 7.56. The van der Waals surface area contributed by atoms with Crippen LogP contribution >= 0.6 is 0 Å². The zero-order valence-electron chi connectivity index (χ0n) is 11.8. The van der Waals surface area contributed by atoms with Crippen LogP contribution in [-0.4, -0.2) is 18.4 Å². The number of rotatable bonds is 5. The van der Waals surface area contributed by atoms with Crippen molar-refractivity contribution in [2.45, 2.75) is 39.5 Å². The summed E-state index contributed by atoms with van der Waals surface area (Å²) in [5.41, 5.74) is 1.73. The van der Waals surface area contributed by atoms with E-state index < -0.39 is 11.8 Å². The number of para-hydroxylation sites is 1. The number of hydrogen-bond acceptors (Lipinski definition) is 2. The molecule has 0 atom stereocenters. The Kier molecular flexibility index (Phi) is 6.06. The van der Waals surface area contributed by atoms with Crippen molar-refractivity contribution in [3.63, 3.8) is 0 Å². The van der Waals surface area contributed by atoms with Gasteiger partial charge in [0.2, 0.25) is 0 Å². The Balaban J connectivity index is 2.64. The molecular formula is C15H22N2O2. The van der Waals surface area contributed by atoms with Gasteiger partial charge in [0, 0.05) is 12.2 Å². The van der Waals surface area contributed by atoms with Gasteiger partial charge in [-0.2, -0.15) is 0 Å². The van der Waals surface area contributed by atoms with Gasteiger partial charge in [-0.05, 0) is 24.0 Å². The van der Waals surface area contributed by atoms with E-state index in [0.29, 0.717) is 18.2 Å². The first kappa shape index (κ1) is 15.2. The highest BCUT2D eigenvalue weighted by Gasteiger charge is 2.15. The molecule has 0 unspecified atom stereocenters. The van der Waals surface area contributed by atoms with E-state index >= 15 is 0 Å². The van der Waals surface area contributed by atoms with Crippen LogP contribution in [0.5, 0.6) is 0 Å². The molecule has 0 saturated heterocycles. The Bertz CT molecular complexity index is 442. The minimum absolute atomic E-state index is 0.291. The Labute approximate surface area is 114 Å². The fraction of sp³-hybridized carbons (Fsp3) is 0.467. The van der Waals surface area contributed by atoms with Crippen LogP contribution in [0.1, 0.15) is 45.1 Å². The van der Waals surface area contributed by atoms with Crippen LogP contribution in [0.25, 0.3) is 0 Å². The lowest BCUT2D eigenvalue weighted by Crippen LogP contribution is -2.36. The smallest absolute Gasteiger partial charge is 0.313 e. The molecule has 2 N–H and O–H groups in total. The van der Waals surface area contributed by atoms with Crippen LogP contribution in [0, 0.1) is 0 Å². The first-order valence-electron chi connectivity index (χ1n) is 6.74. The molecule has 104 valence electrons. The zero-order valence-corrected chi connectivity index (χ0v) is 11.8. The van der Waals surface area contributed by atoms with Crippen molar-refractivity contribution in [1.82, 2.24) is 5.32 Å². The summed E-state index contributed by atoms with van der Waals surface area (Å²) in [5.74, 6) is -0.893. The van der Waals surface area contributed by atoms with E-state index in [1.54, 1.807) is 0 Å². The summed E-state index contributed by atoms with van der Waals surface area (Å²) in [6, 6.07) is 7.53. The van der Waals surface area contributed by atoms with Crippen LogP contribution in [0.4, 0.5) is 5.69 Å². The average Bonchev–Trinajstić information content (AvgIpc) is 2.39. The van der Waals surface area contributed by atoms with Crippen LogP contribution in [0.15, 0.2) is 24.3 Å². The van der Waals surface area contributed by atoms with Gasteiger partial charge in [-0.25, -0.2) is 0 Å². The Hall–Kier alpha value is -1.84. The number of anilines is 1. The minimum Gasteiger partial charge on any atom is -0.348 e. The third-order valence-corrected chi connectivity index (χ3v) is 2.85. The van der Waals surface area contributed by atoms with Gasteiger partial charge in [0.15, 0.2) is 0 Å².